The molecule has 2 aliphatic rings. The number of alkyl halides is 2. The number of rotatable bonds is 5. The minimum atomic E-state index is -2.69. The van der Waals surface area contributed by atoms with Crippen LogP contribution in [0.3, 0.4) is 0 Å². The van der Waals surface area contributed by atoms with Crippen LogP contribution in [0, 0.1) is 5.92 Å². The maximum Gasteiger partial charge on any atom is 0.249 e. The zero-order chi connectivity index (χ0) is 18.1. The molecule has 1 fully saturated rings. The fourth-order valence-corrected chi connectivity index (χ4v) is 3.52. The van der Waals surface area contributed by atoms with Crippen molar-refractivity contribution < 1.29 is 18.3 Å². The van der Waals surface area contributed by atoms with Gasteiger partial charge in [-0.15, -0.1) is 0 Å². The van der Waals surface area contributed by atoms with E-state index in [2.05, 4.69) is 10.4 Å². The second kappa shape index (κ2) is 6.79. The maximum atomic E-state index is 12.9. The molecule has 1 aromatic heterocycles. The Bertz CT molecular complexity index is 783. The fraction of sp³-hybridized carbons (Fsp3) is 0.474. The maximum absolute atomic E-state index is 12.9. The smallest absolute Gasteiger partial charge is 0.249 e. The molecular formula is C19H21F2N3O2. The Morgan fingerprint density at radius 2 is 2.08 bits per heavy atom. The molecule has 4 rings (SSSR count). The van der Waals surface area contributed by atoms with Crippen LogP contribution < -0.4 is 5.32 Å². The number of amides is 1. The second-order valence-corrected chi connectivity index (χ2v) is 7.04. The Kier molecular flexibility index (Phi) is 4.48. The summed E-state index contributed by atoms with van der Waals surface area (Å²) in [5, 5.41) is 7.37. The highest BCUT2D eigenvalue weighted by Crippen LogP contribution is 2.42. The molecule has 1 atom stereocenters. The topological polar surface area (TPSA) is 56.1 Å². The summed E-state index contributed by atoms with van der Waals surface area (Å²) in [5.74, 6) is -3.61. The number of ether oxygens (including phenoxy) is 1. The zero-order valence-corrected chi connectivity index (χ0v) is 14.3. The van der Waals surface area contributed by atoms with Gasteiger partial charge in [0.15, 0.2) is 0 Å². The lowest BCUT2D eigenvalue weighted by Crippen LogP contribution is -2.46. The highest BCUT2D eigenvalue weighted by atomic mass is 19.3. The van der Waals surface area contributed by atoms with Crippen LogP contribution in [0.1, 0.15) is 35.8 Å². The highest BCUT2D eigenvalue weighted by molar-refractivity contribution is 5.79. The lowest BCUT2D eigenvalue weighted by atomic mass is 9.81. The predicted octanol–water partition coefficient (Wildman–Crippen LogP) is 2.71. The molecule has 0 radical (unpaired) electrons. The van der Waals surface area contributed by atoms with Crippen molar-refractivity contribution >= 4 is 5.91 Å². The number of benzene rings is 1. The lowest BCUT2D eigenvalue weighted by Gasteiger charge is -2.34. The number of fused-ring (bicyclic) bond motifs is 1. The van der Waals surface area contributed by atoms with E-state index in [1.54, 1.807) is 0 Å². The first-order chi connectivity index (χ1) is 12.5. The molecule has 0 bridgehead atoms. The Morgan fingerprint density at radius 3 is 2.81 bits per heavy atom. The Hall–Kier alpha value is -2.28. The fourth-order valence-electron chi connectivity index (χ4n) is 3.52. The van der Waals surface area contributed by atoms with E-state index >= 15 is 0 Å². The van der Waals surface area contributed by atoms with Gasteiger partial charge in [0.1, 0.15) is 6.10 Å². The largest absolute Gasteiger partial charge is 0.370 e. The van der Waals surface area contributed by atoms with E-state index in [9.17, 15) is 13.6 Å². The average Bonchev–Trinajstić information content (AvgIpc) is 3.01. The van der Waals surface area contributed by atoms with Crippen molar-refractivity contribution in [1.82, 2.24) is 15.1 Å². The third-order valence-corrected chi connectivity index (χ3v) is 4.98. The summed E-state index contributed by atoms with van der Waals surface area (Å²) in [5.41, 5.74) is 3.09. The number of halogens is 2. The molecule has 2 aromatic rings. The van der Waals surface area contributed by atoms with Crippen LogP contribution in [0.5, 0.6) is 0 Å². The molecule has 1 aliphatic heterocycles. The first-order valence-electron chi connectivity index (χ1n) is 8.87. The van der Waals surface area contributed by atoms with Crippen LogP contribution in [-0.2, 0) is 22.5 Å². The van der Waals surface area contributed by atoms with Gasteiger partial charge in [-0.2, -0.15) is 5.10 Å². The third kappa shape index (κ3) is 3.62. The SMILES string of the molecule is O=C(NCC1OCCc2cn(Cc3ccccc3)nc21)C1CC(F)(F)C1. The van der Waals surface area contributed by atoms with E-state index in [4.69, 9.17) is 4.74 Å². The van der Waals surface area contributed by atoms with Gasteiger partial charge in [0.2, 0.25) is 11.8 Å². The van der Waals surface area contributed by atoms with Crippen LogP contribution in [-0.4, -0.2) is 34.8 Å². The van der Waals surface area contributed by atoms with Crippen LogP contribution >= 0.6 is 0 Å². The summed E-state index contributed by atoms with van der Waals surface area (Å²) in [6.45, 7) is 1.49. The van der Waals surface area contributed by atoms with E-state index < -0.39 is 11.8 Å². The molecule has 138 valence electrons. The number of carbonyl (C=O) groups is 1. The summed E-state index contributed by atoms with van der Waals surface area (Å²) in [6, 6.07) is 10.0. The molecule has 1 aromatic carbocycles. The average molecular weight is 361 g/mol. The van der Waals surface area contributed by atoms with Crippen molar-refractivity contribution in [1.29, 1.82) is 0 Å². The Labute approximate surface area is 150 Å². The zero-order valence-electron chi connectivity index (χ0n) is 14.3. The standard InChI is InChI=1S/C19H21F2N3O2/c20-19(21)8-15(9-19)18(25)22-10-16-17-14(6-7-26-16)12-24(23-17)11-13-4-2-1-3-5-13/h1-5,12,15-16H,6-11H2,(H,22,25). The number of hydrogen-bond donors (Lipinski definition) is 1. The van der Waals surface area contributed by atoms with Crippen molar-refractivity contribution in [3.63, 3.8) is 0 Å². The third-order valence-electron chi connectivity index (χ3n) is 4.98. The molecule has 1 N–H and O–H groups in total. The summed E-state index contributed by atoms with van der Waals surface area (Å²) in [4.78, 5) is 12.0. The molecule has 1 unspecified atom stereocenters. The highest BCUT2D eigenvalue weighted by Gasteiger charge is 2.48. The first-order valence-corrected chi connectivity index (χ1v) is 8.87. The number of carbonyl (C=O) groups excluding carboxylic acids is 1. The van der Waals surface area contributed by atoms with E-state index in [0.717, 1.165) is 23.2 Å². The molecule has 7 heteroatoms. The molecule has 26 heavy (non-hydrogen) atoms. The number of aromatic nitrogens is 2. The van der Waals surface area contributed by atoms with Gasteiger partial charge in [-0.3, -0.25) is 9.48 Å². The second-order valence-electron chi connectivity index (χ2n) is 7.04. The number of nitrogens with one attached hydrogen (secondary N) is 1. The lowest BCUT2D eigenvalue weighted by molar-refractivity contribution is -0.150. The van der Waals surface area contributed by atoms with Gasteiger partial charge in [0.25, 0.3) is 0 Å². The predicted molar refractivity (Wildman–Crippen MR) is 90.8 cm³/mol. The van der Waals surface area contributed by atoms with Gasteiger partial charge in [0, 0.05) is 31.5 Å². The van der Waals surface area contributed by atoms with Crippen LogP contribution in [0.4, 0.5) is 8.78 Å². The van der Waals surface area contributed by atoms with Crippen LogP contribution in [0.15, 0.2) is 36.5 Å². The van der Waals surface area contributed by atoms with Gasteiger partial charge in [-0.25, -0.2) is 8.78 Å². The number of nitrogens with zero attached hydrogens (tertiary/aromatic N) is 2. The Morgan fingerprint density at radius 1 is 1.31 bits per heavy atom. The molecule has 5 nitrogen and oxygen atoms in total. The molecule has 0 spiro atoms. The van der Waals surface area contributed by atoms with Crippen molar-refractivity contribution in [3.8, 4) is 0 Å². The summed E-state index contributed by atoms with van der Waals surface area (Å²) in [6.07, 6.45) is 1.75. The van der Waals surface area contributed by atoms with Crippen LogP contribution in [0.25, 0.3) is 0 Å². The molecule has 1 saturated carbocycles. The van der Waals surface area contributed by atoms with Crippen molar-refractivity contribution in [3.05, 3.63) is 53.3 Å². The van der Waals surface area contributed by atoms with Crippen molar-refractivity contribution in [2.75, 3.05) is 13.2 Å². The normalized spacial score (nSPS) is 21.7. The summed E-state index contributed by atoms with van der Waals surface area (Å²) in [7, 11) is 0. The minimum absolute atomic E-state index is 0.260. The van der Waals surface area contributed by atoms with Gasteiger partial charge >= 0.3 is 0 Å². The van der Waals surface area contributed by atoms with E-state index in [1.165, 1.54) is 0 Å². The van der Waals surface area contributed by atoms with Crippen molar-refractivity contribution in [2.24, 2.45) is 5.92 Å². The van der Waals surface area contributed by atoms with E-state index in [0.29, 0.717) is 13.2 Å². The van der Waals surface area contributed by atoms with Crippen molar-refractivity contribution in [2.45, 2.75) is 37.8 Å². The van der Waals surface area contributed by atoms with Crippen LogP contribution in [0.2, 0.25) is 0 Å². The van der Waals surface area contributed by atoms with Gasteiger partial charge in [-0.1, -0.05) is 30.3 Å². The minimum Gasteiger partial charge on any atom is -0.370 e. The van der Waals surface area contributed by atoms with Gasteiger partial charge < -0.3 is 10.1 Å². The molecule has 1 amide bonds. The summed E-state index contributed by atoms with van der Waals surface area (Å²) < 4.78 is 33.4. The van der Waals surface area contributed by atoms with Gasteiger partial charge in [-0.05, 0) is 17.5 Å². The molecular weight excluding hydrogens is 340 g/mol. The Balaban J connectivity index is 1.38. The number of hydrogen-bond acceptors (Lipinski definition) is 3. The quantitative estimate of drug-likeness (QED) is 0.891. The van der Waals surface area contributed by atoms with E-state index in [1.807, 2.05) is 41.2 Å². The molecule has 0 saturated heterocycles. The molecule has 1 aliphatic carbocycles. The monoisotopic (exact) mass is 361 g/mol. The molecule has 2 heterocycles. The summed E-state index contributed by atoms with van der Waals surface area (Å²) >= 11 is 0. The first kappa shape index (κ1) is 17.1. The van der Waals surface area contributed by atoms with E-state index in [-0.39, 0.29) is 31.4 Å². The van der Waals surface area contributed by atoms with Gasteiger partial charge in [0.05, 0.1) is 18.8 Å².